The molecule has 0 bridgehead atoms. The lowest BCUT2D eigenvalue weighted by Crippen LogP contribution is -2.57. The first kappa shape index (κ1) is 21.1. The highest BCUT2D eigenvalue weighted by Gasteiger charge is 2.42. The highest BCUT2D eigenvalue weighted by molar-refractivity contribution is 5.86. The number of likely N-dealkylation sites (tertiary alicyclic amines) is 1. The number of aryl methyl sites for hydroxylation is 1. The van der Waals surface area contributed by atoms with Gasteiger partial charge in [0.15, 0.2) is 17.1 Å². The van der Waals surface area contributed by atoms with Crippen molar-refractivity contribution >= 4 is 5.91 Å². The number of hydrogen-bond acceptors (Lipinski definition) is 5. The normalized spacial score (nSPS) is 19.3. The van der Waals surface area contributed by atoms with E-state index in [0.29, 0.717) is 37.6 Å². The topological polar surface area (TPSA) is 71.0 Å². The van der Waals surface area contributed by atoms with Crippen molar-refractivity contribution < 1.29 is 19.4 Å². The largest absolute Gasteiger partial charge is 0.493 e. The van der Waals surface area contributed by atoms with Crippen molar-refractivity contribution in [1.29, 1.82) is 0 Å². The van der Waals surface area contributed by atoms with Gasteiger partial charge in [-0.25, -0.2) is 0 Å². The van der Waals surface area contributed by atoms with E-state index in [1.165, 1.54) is 5.56 Å². The third kappa shape index (κ3) is 4.71. The van der Waals surface area contributed by atoms with Gasteiger partial charge in [-0.05, 0) is 37.0 Å². The lowest BCUT2D eigenvalue weighted by molar-refractivity contribution is -0.157. The van der Waals surface area contributed by atoms with Crippen molar-refractivity contribution in [2.75, 3.05) is 27.3 Å². The monoisotopic (exact) mass is 398 g/mol. The number of methoxy groups -OCH3 is 2. The molecule has 1 fully saturated rings. The van der Waals surface area contributed by atoms with Crippen LogP contribution in [0.4, 0.5) is 0 Å². The predicted octanol–water partition coefficient (Wildman–Crippen LogP) is 2.66. The molecule has 0 aromatic heterocycles. The van der Waals surface area contributed by atoms with Gasteiger partial charge in [0.25, 0.3) is 5.91 Å². The summed E-state index contributed by atoms with van der Waals surface area (Å²) in [6.45, 7) is 3.89. The van der Waals surface area contributed by atoms with Gasteiger partial charge in [0.05, 0.1) is 14.2 Å². The summed E-state index contributed by atoms with van der Waals surface area (Å²) in [5, 5.41) is 14.3. The van der Waals surface area contributed by atoms with E-state index in [-0.39, 0.29) is 12.5 Å². The molecule has 0 saturated carbocycles. The average Bonchev–Trinajstić information content (AvgIpc) is 2.72. The number of ether oxygens (including phenoxy) is 2. The maximum Gasteiger partial charge on any atom is 0.256 e. The van der Waals surface area contributed by atoms with Crippen LogP contribution in [0.5, 0.6) is 11.5 Å². The van der Waals surface area contributed by atoms with Crippen LogP contribution in [0.15, 0.2) is 42.5 Å². The first-order valence-corrected chi connectivity index (χ1v) is 9.95. The second-order valence-corrected chi connectivity index (χ2v) is 7.54. The zero-order valence-electron chi connectivity index (χ0n) is 17.4. The van der Waals surface area contributed by atoms with Crippen LogP contribution in [-0.4, -0.2) is 48.8 Å². The minimum absolute atomic E-state index is 0.228. The van der Waals surface area contributed by atoms with Crippen molar-refractivity contribution in [1.82, 2.24) is 10.2 Å². The van der Waals surface area contributed by atoms with Crippen LogP contribution in [0.25, 0.3) is 0 Å². The van der Waals surface area contributed by atoms with Gasteiger partial charge >= 0.3 is 0 Å². The van der Waals surface area contributed by atoms with Crippen LogP contribution in [0.2, 0.25) is 0 Å². The van der Waals surface area contributed by atoms with Crippen molar-refractivity contribution in [3.05, 3.63) is 59.2 Å². The molecule has 1 amide bonds. The van der Waals surface area contributed by atoms with E-state index in [0.717, 1.165) is 17.5 Å². The number of nitrogens with one attached hydrogen (secondary N) is 1. The summed E-state index contributed by atoms with van der Waals surface area (Å²) in [6, 6.07) is 13.7. The second-order valence-electron chi connectivity index (χ2n) is 7.54. The number of hydrogen-bond donors (Lipinski definition) is 2. The molecule has 6 nitrogen and oxygen atoms in total. The SMILES string of the molecule is COc1cccc(CN2CCCC(O)(CNCc3ccccc3C)C2=O)c1OC. The number of nitrogens with zero attached hydrogens (tertiary/aromatic N) is 1. The fraction of sp³-hybridized carbons (Fsp3) is 0.435. The molecule has 156 valence electrons. The maximum atomic E-state index is 13.1. The molecule has 1 saturated heterocycles. The van der Waals surface area contributed by atoms with Crippen LogP contribution in [0.1, 0.15) is 29.5 Å². The van der Waals surface area contributed by atoms with E-state index in [4.69, 9.17) is 9.47 Å². The molecule has 1 aliphatic heterocycles. The zero-order valence-corrected chi connectivity index (χ0v) is 17.4. The number of piperidine rings is 1. The molecule has 6 heteroatoms. The van der Waals surface area contributed by atoms with Crippen LogP contribution >= 0.6 is 0 Å². The van der Waals surface area contributed by atoms with Crippen molar-refractivity contribution in [3.8, 4) is 11.5 Å². The van der Waals surface area contributed by atoms with Gasteiger partial charge in [0.2, 0.25) is 0 Å². The molecule has 0 radical (unpaired) electrons. The first-order valence-electron chi connectivity index (χ1n) is 9.95. The minimum atomic E-state index is -1.40. The molecule has 29 heavy (non-hydrogen) atoms. The second kappa shape index (κ2) is 9.29. The molecule has 1 aliphatic rings. The Morgan fingerprint density at radius 1 is 1.10 bits per heavy atom. The molecule has 1 unspecified atom stereocenters. The first-order chi connectivity index (χ1) is 14.0. The Labute approximate surface area is 172 Å². The zero-order chi connectivity index (χ0) is 20.9. The third-order valence-corrected chi connectivity index (χ3v) is 5.54. The van der Waals surface area contributed by atoms with Gasteiger partial charge in [-0.2, -0.15) is 0 Å². The molecule has 2 N–H and O–H groups in total. The van der Waals surface area contributed by atoms with Gasteiger partial charge in [-0.1, -0.05) is 36.4 Å². The number of carbonyl (C=O) groups is 1. The molecule has 1 atom stereocenters. The van der Waals surface area contributed by atoms with Crippen LogP contribution in [-0.2, 0) is 17.9 Å². The Hall–Kier alpha value is -2.57. The Kier molecular flexibility index (Phi) is 6.77. The van der Waals surface area contributed by atoms with Gasteiger partial charge in [-0.3, -0.25) is 4.79 Å². The molecule has 3 rings (SSSR count). The van der Waals surface area contributed by atoms with E-state index >= 15 is 0 Å². The molecule has 1 heterocycles. The van der Waals surface area contributed by atoms with Crippen LogP contribution in [0, 0.1) is 6.92 Å². The van der Waals surface area contributed by atoms with Crippen LogP contribution in [0.3, 0.4) is 0 Å². The summed E-state index contributed by atoms with van der Waals surface area (Å²) in [5.74, 6) is 1.00. The predicted molar refractivity (Wildman–Crippen MR) is 112 cm³/mol. The number of rotatable bonds is 8. The van der Waals surface area contributed by atoms with Crippen molar-refractivity contribution in [2.45, 2.75) is 38.5 Å². The van der Waals surface area contributed by atoms with Crippen molar-refractivity contribution in [3.63, 3.8) is 0 Å². The molecule has 0 aliphatic carbocycles. The Bertz CT molecular complexity index is 855. The van der Waals surface area contributed by atoms with E-state index in [2.05, 4.69) is 24.4 Å². The van der Waals surface area contributed by atoms with Gasteiger partial charge < -0.3 is 24.8 Å². The lowest BCUT2D eigenvalue weighted by Gasteiger charge is -2.38. The standard InChI is InChI=1S/C23H30N2O4/c1-17-8-4-5-9-18(17)14-24-16-23(27)12-7-13-25(22(23)26)15-19-10-6-11-20(28-2)21(19)29-3/h4-6,8-11,24,27H,7,12-16H2,1-3H3. The highest BCUT2D eigenvalue weighted by atomic mass is 16.5. The lowest BCUT2D eigenvalue weighted by atomic mass is 9.91. The van der Waals surface area contributed by atoms with Gasteiger partial charge in [0, 0.05) is 31.7 Å². The summed E-state index contributed by atoms with van der Waals surface area (Å²) < 4.78 is 10.8. The minimum Gasteiger partial charge on any atom is -0.493 e. The fourth-order valence-corrected chi connectivity index (χ4v) is 3.88. The third-order valence-electron chi connectivity index (χ3n) is 5.54. The van der Waals surface area contributed by atoms with E-state index in [1.807, 2.05) is 30.3 Å². The molecule has 0 spiro atoms. The summed E-state index contributed by atoms with van der Waals surface area (Å²) >= 11 is 0. The summed E-state index contributed by atoms with van der Waals surface area (Å²) in [4.78, 5) is 14.8. The number of amides is 1. The van der Waals surface area contributed by atoms with Crippen LogP contribution < -0.4 is 14.8 Å². The molecule has 2 aromatic carbocycles. The summed E-state index contributed by atoms with van der Waals surface area (Å²) in [7, 11) is 3.18. The summed E-state index contributed by atoms with van der Waals surface area (Å²) in [6.07, 6.45) is 1.21. The Balaban J connectivity index is 1.67. The number of benzene rings is 2. The van der Waals surface area contributed by atoms with E-state index in [9.17, 15) is 9.90 Å². The smallest absolute Gasteiger partial charge is 0.256 e. The van der Waals surface area contributed by atoms with E-state index < -0.39 is 5.60 Å². The summed E-state index contributed by atoms with van der Waals surface area (Å²) in [5.41, 5.74) is 1.82. The van der Waals surface area contributed by atoms with Crippen molar-refractivity contribution in [2.24, 2.45) is 0 Å². The number of para-hydroxylation sites is 1. The molecular formula is C23H30N2O4. The van der Waals surface area contributed by atoms with E-state index in [1.54, 1.807) is 19.1 Å². The quantitative estimate of drug-likeness (QED) is 0.715. The van der Waals surface area contributed by atoms with Gasteiger partial charge in [-0.15, -0.1) is 0 Å². The average molecular weight is 399 g/mol. The highest BCUT2D eigenvalue weighted by Crippen LogP contribution is 2.33. The molecular weight excluding hydrogens is 368 g/mol. The molecule has 2 aromatic rings. The van der Waals surface area contributed by atoms with Gasteiger partial charge in [0.1, 0.15) is 0 Å². The number of carbonyl (C=O) groups excluding carboxylic acids is 1. The maximum absolute atomic E-state index is 13.1. The number of aliphatic hydroxyl groups is 1. The Morgan fingerprint density at radius 3 is 2.59 bits per heavy atom. The Morgan fingerprint density at radius 2 is 1.86 bits per heavy atom. The fourth-order valence-electron chi connectivity index (χ4n) is 3.88.